The number of carbonyl (C=O) groups is 2. The first-order valence-corrected chi connectivity index (χ1v) is 12.6. The van der Waals surface area contributed by atoms with Crippen LogP contribution in [0.5, 0.6) is 11.5 Å². The van der Waals surface area contributed by atoms with Crippen LogP contribution in [-0.4, -0.2) is 83.2 Å². The molecule has 8 heteroatoms. The van der Waals surface area contributed by atoms with Gasteiger partial charge >= 0.3 is 0 Å². The van der Waals surface area contributed by atoms with Crippen LogP contribution in [0.3, 0.4) is 0 Å². The Labute approximate surface area is 216 Å². The molecule has 2 unspecified atom stereocenters. The number of hydrogen-bond acceptors (Lipinski definition) is 7. The second kappa shape index (κ2) is 9.13. The van der Waals surface area contributed by atoms with Gasteiger partial charge in [0.15, 0.2) is 0 Å². The van der Waals surface area contributed by atoms with Crippen LogP contribution in [0.1, 0.15) is 17.5 Å². The van der Waals surface area contributed by atoms with E-state index in [4.69, 9.17) is 9.47 Å². The Morgan fingerprint density at radius 1 is 0.919 bits per heavy atom. The molecule has 0 bridgehead atoms. The van der Waals surface area contributed by atoms with E-state index >= 15 is 0 Å². The molecule has 2 atom stereocenters. The van der Waals surface area contributed by atoms with Crippen LogP contribution in [-0.2, 0) is 22.7 Å². The number of piperazine rings is 1. The third kappa shape index (κ3) is 3.87. The molecule has 3 heterocycles. The maximum absolute atomic E-state index is 13.9. The number of amides is 2. The second-order valence-electron chi connectivity index (χ2n) is 10.3. The first-order valence-electron chi connectivity index (χ1n) is 12.6. The van der Waals surface area contributed by atoms with Gasteiger partial charge in [-0.3, -0.25) is 24.3 Å². The summed E-state index contributed by atoms with van der Waals surface area (Å²) in [5.41, 5.74) is 1.23. The van der Waals surface area contributed by atoms with E-state index in [0.29, 0.717) is 32.6 Å². The molecule has 3 aliphatic rings. The monoisotopic (exact) mass is 501 g/mol. The van der Waals surface area contributed by atoms with Crippen molar-refractivity contribution in [3.05, 3.63) is 71.8 Å². The third-order valence-corrected chi connectivity index (χ3v) is 8.08. The molecular weight excluding hydrogens is 470 g/mol. The van der Waals surface area contributed by atoms with E-state index in [-0.39, 0.29) is 18.4 Å². The van der Waals surface area contributed by atoms with Crippen molar-refractivity contribution in [1.29, 1.82) is 0 Å². The molecular formula is C29H31N3O5. The van der Waals surface area contributed by atoms with Gasteiger partial charge in [0.25, 0.3) is 5.91 Å². The summed E-state index contributed by atoms with van der Waals surface area (Å²) in [6.07, 6.45) is -0.255. The Bertz CT molecular complexity index is 1350. The van der Waals surface area contributed by atoms with Crippen LogP contribution >= 0.6 is 0 Å². The van der Waals surface area contributed by atoms with Crippen LogP contribution in [0.4, 0.5) is 0 Å². The molecule has 3 aromatic rings. The minimum atomic E-state index is -0.801. The van der Waals surface area contributed by atoms with Crippen LogP contribution in [0.2, 0.25) is 0 Å². The molecule has 37 heavy (non-hydrogen) atoms. The van der Waals surface area contributed by atoms with Crippen molar-refractivity contribution in [2.75, 3.05) is 33.9 Å². The molecule has 192 valence electrons. The minimum absolute atomic E-state index is 0.172. The largest absolute Gasteiger partial charge is 0.497 e. The number of imide groups is 1. The smallest absolute Gasteiger partial charge is 0.252 e. The van der Waals surface area contributed by atoms with Crippen LogP contribution in [0, 0.1) is 0 Å². The van der Waals surface area contributed by atoms with Crippen molar-refractivity contribution < 1.29 is 24.2 Å². The Balaban J connectivity index is 1.26. The van der Waals surface area contributed by atoms with Gasteiger partial charge in [0.05, 0.1) is 32.9 Å². The third-order valence-electron chi connectivity index (χ3n) is 8.08. The lowest BCUT2D eigenvalue weighted by atomic mass is 9.82. The summed E-state index contributed by atoms with van der Waals surface area (Å²) >= 11 is 0. The minimum Gasteiger partial charge on any atom is -0.497 e. The molecule has 0 radical (unpaired) electrons. The molecule has 3 aromatic carbocycles. The number of carbonyl (C=O) groups excluding carboxylic acids is 2. The molecule has 0 saturated carbocycles. The van der Waals surface area contributed by atoms with Crippen molar-refractivity contribution in [2.24, 2.45) is 0 Å². The van der Waals surface area contributed by atoms with E-state index in [0.717, 1.165) is 27.8 Å². The zero-order chi connectivity index (χ0) is 25.7. The Morgan fingerprint density at radius 2 is 1.65 bits per heavy atom. The number of rotatable bonds is 6. The van der Waals surface area contributed by atoms with Crippen molar-refractivity contribution in [3.63, 3.8) is 0 Å². The summed E-state index contributed by atoms with van der Waals surface area (Å²) in [5.74, 6) is 1.17. The van der Waals surface area contributed by atoms with Gasteiger partial charge in [-0.15, -0.1) is 0 Å². The Hall–Kier alpha value is -3.46. The highest BCUT2D eigenvalue weighted by Gasteiger charge is 2.64. The molecule has 0 aliphatic carbocycles. The molecule has 3 aliphatic heterocycles. The normalized spacial score (nSPS) is 23.4. The predicted octanol–water partition coefficient (Wildman–Crippen LogP) is 2.42. The van der Waals surface area contributed by atoms with Crippen molar-refractivity contribution in [2.45, 2.75) is 37.2 Å². The van der Waals surface area contributed by atoms with Gasteiger partial charge in [-0.2, -0.15) is 0 Å². The van der Waals surface area contributed by atoms with E-state index in [1.54, 1.807) is 14.2 Å². The molecule has 1 spiro atoms. The summed E-state index contributed by atoms with van der Waals surface area (Å²) < 4.78 is 10.8. The van der Waals surface area contributed by atoms with Crippen molar-refractivity contribution in [3.8, 4) is 11.5 Å². The highest BCUT2D eigenvalue weighted by molar-refractivity contribution is 6.06. The number of hydrogen-bond donors (Lipinski definition) is 1. The summed E-state index contributed by atoms with van der Waals surface area (Å²) in [6, 6.07) is 19.2. The molecule has 2 amide bonds. The van der Waals surface area contributed by atoms with E-state index < -0.39 is 17.7 Å². The maximum Gasteiger partial charge on any atom is 0.252 e. The fourth-order valence-corrected chi connectivity index (χ4v) is 6.25. The number of aliphatic hydroxyl groups is 1. The standard InChI is InChI=1S/C29H31N3O5/c1-36-22-10-7-19(8-11-22)14-31-27(34)25-13-21(33)16-32(25)29(28(31)35)17-30(18-29)15-20-9-12-26(37-2)24-6-4-3-5-23(20)24/h3-12,21,25,33H,13-18H2,1-2H3. The summed E-state index contributed by atoms with van der Waals surface area (Å²) in [4.78, 5) is 32.9. The number of methoxy groups -OCH3 is 2. The molecule has 6 rings (SSSR count). The second-order valence-corrected chi connectivity index (χ2v) is 10.3. The van der Waals surface area contributed by atoms with Gasteiger partial charge in [0.2, 0.25) is 5.91 Å². The predicted molar refractivity (Wildman–Crippen MR) is 138 cm³/mol. The molecule has 1 N–H and O–H groups in total. The quantitative estimate of drug-likeness (QED) is 0.520. The molecule has 0 aromatic heterocycles. The molecule has 3 fully saturated rings. The highest BCUT2D eigenvalue weighted by atomic mass is 16.5. The number of nitrogens with zero attached hydrogens (tertiary/aromatic N) is 3. The average Bonchev–Trinajstić information content (AvgIpc) is 3.30. The topological polar surface area (TPSA) is 82.6 Å². The van der Waals surface area contributed by atoms with Gasteiger partial charge < -0.3 is 14.6 Å². The number of benzene rings is 3. The summed E-state index contributed by atoms with van der Waals surface area (Å²) in [7, 11) is 3.28. The average molecular weight is 502 g/mol. The lowest BCUT2D eigenvalue weighted by Crippen LogP contribution is -2.81. The van der Waals surface area contributed by atoms with Crippen LogP contribution in [0.15, 0.2) is 60.7 Å². The fourth-order valence-electron chi connectivity index (χ4n) is 6.25. The van der Waals surface area contributed by atoms with E-state index in [2.05, 4.69) is 23.1 Å². The molecule has 8 nitrogen and oxygen atoms in total. The van der Waals surface area contributed by atoms with Gasteiger partial charge in [0, 0.05) is 31.6 Å². The first-order chi connectivity index (χ1) is 17.9. The van der Waals surface area contributed by atoms with Crippen molar-refractivity contribution in [1.82, 2.24) is 14.7 Å². The lowest BCUT2D eigenvalue weighted by Gasteiger charge is -2.58. The number of ether oxygens (including phenoxy) is 2. The highest BCUT2D eigenvalue weighted by Crippen LogP contribution is 2.42. The fraction of sp³-hybridized carbons (Fsp3) is 0.379. The first kappa shape index (κ1) is 23.9. The number of fused-ring (bicyclic) bond motifs is 3. The van der Waals surface area contributed by atoms with Gasteiger partial charge in [-0.1, -0.05) is 42.5 Å². The van der Waals surface area contributed by atoms with E-state index in [9.17, 15) is 14.7 Å². The molecule has 3 saturated heterocycles. The van der Waals surface area contributed by atoms with Crippen LogP contribution < -0.4 is 9.47 Å². The van der Waals surface area contributed by atoms with Gasteiger partial charge in [-0.05, 0) is 41.1 Å². The Morgan fingerprint density at radius 3 is 2.35 bits per heavy atom. The van der Waals surface area contributed by atoms with Gasteiger partial charge in [-0.25, -0.2) is 0 Å². The summed E-state index contributed by atoms with van der Waals surface area (Å²) in [6.45, 7) is 2.28. The van der Waals surface area contributed by atoms with E-state index in [1.165, 1.54) is 10.5 Å². The van der Waals surface area contributed by atoms with E-state index in [1.807, 2.05) is 47.4 Å². The Kier molecular flexibility index (Phi) is 5.90. The SMILES string of the molecule is COc1ccc(CN2C(=O)C3CC(O)CN3C3(CN(Cc4ccc(OC)c5ccccc45)C3)C2=O)cc1. The van der Waals surface area contributed by atoms with Crippen molar-refractivity contribution >= 4 is 22.6 Å². The number of aliphatic hydroxyl groups excluding tert-OH is 1. The zero-order valence-electron chi connectivity index (χ0n) is 21.1. The number of likely N-dealkylation sites (tertiary alicyclic amines) is 1. The lowest BCUT2D eigenvalue weighted by molar-refractivity contribution is -0.181. The number of β-amino-alcohol motifs (C(OH)–C–C–N with tert-alkyl or cyclic N) is 1. The zero-order valence-corrected chi connectivity index (χ0v) is 21.1. The summed E-state index contributed by atoms with van der Waals surface area (Å²) in [5, 5.41) is 12.6. The van der Waals surface area contributed by atoms with Crippen LogP contribution in [0.25, 0.3) is 10.8 Å². The maximum atomic E-state index is 13.9. The van der Waals surface area contributed by atoms with Gasteiger partial charge in [0.1, 0.15) is 17.0 Å².